The highest BCUT2D eigenvalue weighted by atomic mass is 32.1. The molecule has 0 aliphatic rings. The lowest BCUT2D eigenvalue weighted by molar-refractivity contribution is -0.274. The Bertz CT molecular complexity index is 925. The van der Waals surface area contributed by atoms with Crippen LogP contribution in [0.2, 0.25) is 0 Å². The van der Waals surface area contributed by atoms with Crippen LogP contribution < -0.4 is 4.74 Å². The molecule has 0 aliphatic heterocycles. The lowest BCUT2D eigenvalue weighted by Gasteiger charge is -2.29. The third-order valence-electron chi connectivity index (χ3n) is 7.93. The standard InChI is InChI=1S/C30H48F3NOS/c1-7-11-14-15-17-20-29(6,19-16-12-8-2)27-34-26-24(35-30(31,32)33)21-23(22-25(26)36-27)28(5,10-4)18-13-9-3/h21-22H,7-20H2,1-6H3. The summed E-state index contributed by atoms with van der Waals surface area (Å²) in [4.78, 5) is 4.87. The minimum Gasteiger partial charge on any atom is -0.403 e. The van der Waals surface area contributed by atoms with Crippen molar-refractivity contribution in [2.24, 2.45) is 0 Å². The number of hydrogen-bond donors (Lipinski definition) is 0. The van der Waals surface area contributed by atoms with Gasteiger partial charge in [-0.2, -0.15) is 0 Å². The van der Waals surface area contributed by atoms with Crippen molar-refractivity contribution < 1.29 is 17.9 Å². The molecule has 6 heteroatoms. The van der Waals surface area contributed by atoms with E-state index in [0.29, 0.717) is 5.52 Å². The number of fused-ring (bicyclic) bond motifs is 1. The Hall–Kier alpha value is -1.30. The summed E-state index contributed by atoms with van der Waals surface area (Å²) >= 11 is 1.58. The Morgan fingerprint density at radius 1 is 0.750 bits per heavy atom. The third-order valence-corrected chi connectivity index (χ3v) is 9.23. The molecular formula is C30H48F3NOS. The van der Waals surface area contributed by atoms with E-state index in [2.05, 4.69) is 52.3 Å². The molecule has 0 saturated carbocycles. The zero-order valence-electron chi connectivity index (χ0n) is 23.5. The highest BCUT2D eigenvalue weighted by Gasteiger charge is 2.36. The van der Waals surface area contributed by atoms with E-state index in [0.717, 1.165) is 79.5 Å². The zero-order valence-corrected chi connectivity index (χ0v) is 24.3. The fraction of sp³-hybridized carbons (Fsp3) is 0.767. The molecule has 0 saturated heterocycles. The Morgan fingerprint density at radius 2 is 1.31 bits per heavy atom. The maximum absolute atomic E-state index is 13.5. The Balaban J connectivity index is 2.53. The van der Waals surface area contributed by atoms with Gasteiger partial charge in [0.05, 0.1) is 9.71 Å². The van der Waals surface area contributed by atoms with Gasteiger partial charge in [0.15, 0.2) is 5.75 Å². The minimum atomic E-state index is -4.74. The van der Waals surface area contributed by atoms with Crippen LogP contribution in [-0.4, -0.2) is 11.3 Å². The molecule has 0 aliphatic carbocycles. The van der Waals surface area contributed by atoms with E-state index in [9.17, 15) is 13.2 Å². The molecule has 2 unspecified atom stereocenters. The second-order valence-electron chi connectivity index (χ2n) is 11.1. The van der Waals surface area contributed by atoms with Crippen molar-refractivity contribution in [2.75, 3.05) is 0 Å². The van der Waals surface area contributed by atoms with Crippen LogP contribution in [0.5, 0.6) is 5.75 Å². The van der Waals surface area contributed by atoms with Crippen LogP contribution in [-0.2, 0) is 10.8 Å². The molecule has 0 amide bonds. The number of alkyl halides is 3. The summed E-state index contributed by atoms with van der Waals surface area (Å²) in [6.07, 6.45) is 10.6. The van der Waals surface area contributed by atoms with E-state index in [1.807, 2.05) is 0 Å². The van der Waals surface area contributed by atoms with Crippen LogP contribution >= 0.6 is 11.3 Å². The lowest BCUT2D eigenvalue weighted by atomic mass is 9.76. The SMILES string of the molecule is CCCCCCCC(C)(CCCCC)c1nc2c(OC(F)(F)F)cc(C(C)(CC)CCCC)cc2s1. The van der Waals surface area contributed by atoms with Crippen LogP contribution in [0.3, 0.4) is 0 Å². The highest BCUT2D eigenvalue weighted by Crippen LogP contribution is 2.45. The minimum absolute atomic E-state index is 0.128. The van der Waals surface area contributed by atoms with Crippen molar-refractivity contribution in [3.63, 3.8) is 0 Å². The topological polar surface area (TPSA) is 22.1 Å². The lowest BCUT2D eigenvalue weighted by Crippen LogP contribution is -2.22. The van der Waals surface area contributed by atoms with E-state index in [1.165, 1.54) is 25.7 Å². The molecule has 0 radical (unpaired) electrons. The van der Waals surface area contributed by atoms with Crippen LogP contribution in [0.1, 0.15) is 142 Å². The molecule has 1 aromatic heterocycles. The summed E-state index contributed by atoms with van der Waals surface area (Å²) in [5.41, 5.74) is 0.962. The van der Waals surface area contributed by atoms with Gasteiger partial charge < -0.3 is 4.74 Å². The summed E-state index contributed by atoms with van der Waals surface area (Å²) in [6.45, 7) is 13.1. The summed E-state index contributed by atoms with van der Waals surface area (Å²) in [5, 5.41) is 0.958. The molecule has 206 valence electrons. The quantitative estimate of drug-likeness (QED) is 0.191. The molecule has 2 atom stereocenters. The number of hydrogen-bond acceptors (Lipinski definition) is 3. The van der Waals surface area contributed by atoms with Gasteiger partial charge in [-0.3, -0.25) is 0 Å². The molecule has 1 aromatic carbocycles. The maximum atomic E-state index is 13.5. The van der Waals surface area contributed by atoms with Crippen molar-refractivity contribution in [1.82, 2.24) is 4.98 Å². The van der Waals surface area contributed by atoms with Gasteiger partial charge in [0.25, 0.3) is 0 Å². The summed E-state index contributed by atoms with van der Waals surface area (Å²) in [7, 11) is 0. The van der Waals surface area contributed by atoms with Gasteiger partial charge in [0.1, 0.15) is 5.52 Å². The molecular weight excluding hydrogens is 479 g/mol. The second-order valence-corrected chi connectivity index (χ2v) is 12.1. The maximum Gasteiger partial charge on any atom is 0.573 e. The predicted octanol–water partition coefficient (Wildman–Crippen LogP) is 11.3. The van der Waals surface area contributed by atoms with Gasteiger partial charge in [0, 0.05) is 5.41 Å². The van der Waals surface area contributed by atoms with Crippen molar-refractivity contribution >= 4 is 21.6 Å². The Morgan fingerprint density at radius 3 is 1.89 bits per heavy atom. The van der Waals surface area contributed by atoms with Gasteiger partial charge >= 0.3 is 6.36 Å². The predicted molar refractivity (Wildman–Crippen MR) is 148 cm³/mol. The highest BCUT2D eigenvalue weighted by molar-refractivity contribution is 7.18. The number of halogens is 3. The molecule has 1 heterocycles. The molecule has 0 spiro atoms. The van der Waals surface area contributed by atoms with E-state index in [-0.39, 0.29) is 16.6 Å². The molecule has 0 fully saturated rings. The van der Waals surface area contributed by atoms with E-state index >= 15 is 0 Å². The van der Waals surface area contributed by atoms with E-state index in [1.54, 1.807) is 17.4 Å². The largest absolute Gasteiger partial charge is 0.573 e. The molecule has 0 bridgehead atoms. The monoisotopic (exact) mass is 527 g/mol. The van der Waals surface area contributed by atoms with Crippen molar-refractivity contribution in [3.05, 3.63) is 22.7 Å². The zero-order chi connectivity index (χ0) is 26.8. The average Bonchev–Trinajstić information content (AvgIpc) is 3.27. The summed E-state index contributed by atoms with van der Waals surface area (Å²) in [5.74, 6) is -0.146. The van der Waals surface area contributed by atoms with Crippen LogP contribution in [0.15, 0.2) is 12.1 Å². The second kappa shape index (κ2) is 14.0. The average molecular weight is 528 g/mol. The molecule has 2 nitrogen and oxygen atoms in total. The first-order chi connectivity index (χ1) is 17.0. The Kier molecular flexibility index (Phi) is 12.0. The number of thiazole rings is 1. The fourth-order valence-corrected chi connectivity index (χ4v) is 6.35. The van der Waals surface area contributed by atoms with E-state index in [4.69, 9.17) is 4.98 Å². The number of rotatable bonds is 17. The molecule has 2 aromatic rings. The first kappa shape index (κ1) is 30.9. The van der Waals surface area contributed by atoms with Gasteiger partial charge in [0.2, 0.25) is 0 Å². The number of ether oxygens (including phenoxy) is 1. The van der Waals surface area contributed by atoms with Crippen molar-refractivity contribution in [3.8, 4) is 5.75 Å². The molecule has 2 rings (SSSR count). The number of nitrogens with zero attached hydrogens (tertiary/aromatic N) is 1. The third kappa shape index (κ3) is 8.63. The normalized spacial score (nSPS) is 15.7. The van der Waals surface area contributed by atoms with Crippen LogP contribution in [0, 0.1) is 0 Å². The first-order valence-electron chi connectivity index (χ1n) is 14.2. The van der Waals surface area contributed by atoms with Gasteiger partial charge in [-0.1, -0.05) is 106 Å². The number of aromatic nitrogens is 1. The van der Waals surface area contributed by atoms with Crippen LogP contribution in [0.4, 0.5) is 13.2 Å². The summed E-state index contributed by atoms with van der Waals surface area (Å²) in [6, 6.07) is 3.70. The Labute approximate surface area is 221 Å². The molecule has 0 N–H and O–H groups in total. The fourth-order valence-electron chi connectivity index (χ4n) is 5.12. The molecule has 36 heavy (non-hydrogen) atoms. The summed E-state index contributed by atoms with van der Waals surface area (Å²) < 4.78 is 45.8. The van der Waals surface area contributed by atoms with Gasteiger partial charge in [-0.15, -0.1) is 24.5 Å². The number of benzene rings is 1. The van der Waals surface area contributed by atoms with E-state index < -0.39 is 6.36 Å². The van der Waals surface area contributed by atoms with Crippen LogP contribution in [0.25, 0.3) is 10.2 Å². The number of unbranched alkanes of at least 4 members (excludes halogenated alkanes) is 7. The van der Waals surface area contributed by atoms with Gasteiger partial charge in [-0.05, 0) is 48.8 Å². The van der Waals surface area contributed by atoms with Crippen molar-refractivity contribution in [1.29, 1.82) is 0 Å². The smallest absolute Gasteiger partial charge is 0.403 e. The van der Waals surface area contributed by atoms with Gasteiger partial charge in [-0.25, -0.2) is 4.98 Å². The van der Waals surface area contributed by atoms with Crippen molar-refractivity contribution in [2.45, 2.75) is 149 Å². The first-order valence-corrected chi connectivity index (χ1v) is 15.0.